The Hall–Kier alpha value is -2.07. The average Bonchev–Trinajstić information content (AvgIpc) is 3.06. The maximum Gasteiger partial charge on any atom is 0.353 e. The number of hydrogen-bond donors (Lipinski definition) is 1. The zero-order valence-electron chi connectivity index (χ0n) is 11.7. The number of thioether (sulfide) groups is 1. The van der Waals surface area contributed by atoms with Gasteiger partial charge in [0.05, 0.1) is 17.0 Å². The molecule has 0 saturated carbocycles. The van der Waals surface area contributed by atoms with E-state index in [0.717, 1.165) is 0 Å². The lowest BCUT2D eigenvalue weighted by Gasteiger charge is -2.36. The summed E-state index contributed by atoms with van der Waals surface area (Å²) >= 11 is 1.24. The highest BCUT2D eigenvalue weighted by Gasteiger charge is 2.49. The van der Waals surface area contributed by atoms with Crippen LogP contribution >= 0.6 is 11.8 Å². The summed E-state index contributed by atoms with van der Waals surface area (Å²) in [5, 5.41) is 10.1. The predicted molar refractivity (Wildman–Crippen MR) is 80.8 cm³/mol. The second-order valence-corrected chi connectivity index (χ2v) is 8.34. The summed E-state index contributed by atoms with van der Waals surface area (Å²) in [5.41, 5.74) is 0.794. The normalized spacial score (nSPS) is 26.5. The van der Waals surface area contributed by atoms with E-state index in [1.807, 2.05) is 0 Å². The van der Waals surface area contributed by atoms with Gasteiger partial charge >= 0.3 is 5.97 Å². The number of nitrogens with zero attached hydrogens (tertiary/aromatic N) is 3. The molecule has 1 amide bonds. The number of carbonyl (C=O) groups excluding carboxylic acids is 1. The number of amides is 1. The quantitative estimate of drug-likeness (QED) is 0.601. The summed E-state index contributed by atoms with van der Waals surface area (Å²) < 4.78 is 25.5. The van der Waals surface area contributed by atoms with Gasteiger partial charge in [-0.3, -0.25) is 9.69 Å². The molecule has 3 aliphatic rings. The fraction of sp³-hybridized carbons (Fsp3) is 0.308. The number of aromatic nitrogens is 2. The molecular formula is C13H11N3O5S2. The van der Waals surface area contributed by atoms with E-state index >= 15 is 0 Å². The number of aliphatic carboxylic acids is 1. The third-order valence-corrected chi connectivity index (χ3v) is 6.70. The molecule has 1 aromatic heterocycles. The number of fused-ring (bicyclic) bond motifs is 2. The molecule has 0 radical (unpaired) electrons. The van der Waals surface area contributed by atoms with Crippen LogP contribution in [0.1, 0.15) is 12.1 Å². The molecule has 1 saturated heterocycles. The first kappa shape index (κ1) is 14.5. The standard InChI is InChI=1S/C13H11N3O5S2/c17-10-8(11-16(10)9(6-22-11)12(18)19)4-7-5-15-2-1-3-23(20,21)13(15)14-7/h4-6,11H,1-3H2,(H,18,19)/t11-/m1/s1. The molecule has 4 rings (SSSR count). The average molecular weight is 353 g/mol. The SMILES string of the molecule is O=C(O)C1=CS[C@@H]2C(=Cc3cn4c(n3)S(=O)(=O)CCC4)C(=O)N12. The van der Waals surface area contributed by atoms with Crippen molar-refractivity contribution in [2.45, 2.75) is 23.5 Å². The number of carbonyl (C=O) groups is 2. The van der Waals surface area contributed by atoms with Crippen molar-refractivity contribution in [1.82, 2.24) is 14.5 Å². The maximum atomic E-state index is 12.1. The van der Waals surface area contributed by atoms with Gasteiger partial charge in [0.1, 0.15) is 11.1 Å². The molecule has 3 aliphatic heterocycles. The predicted octanol–water partition coefficient (Wildman–Crippen LogP) is 0.285. The largest absolute Gasteiger partial charge is 0.477 e. The molecule has 0 spiro atoms. The highest BCUT2D eigenvalue weighted by atomic mass is 32.2. The first-order chi connectivity index (χ1) is 10.9. The fourth-order valence-electron chi connectivity index (χ4n) is 2.84. The fourth-order valence-corrected chi connectivity index (χ4v) is 5.39. The van der Waals surface area contributed by atoms with Crippen molar-refractivity contribution in [3.8, 4) is 0 Å². The van der Waals surface area contributed by atoms with Gasteiger partial charge in [0.15, 0.2) is 0 Å². The molecule has 1 aromatic rings. The van der Waals surface area contributed by atoms with Gasteiger partial charge in [-0.25, -0.2) is 18.2 Å². The number of imidazole rings is 1. The van der Waals surface area contributed by atoms with Gasteiger partial charge in [0, 0.05) is 18.1 Å². The summed E-state index contributed by atoms with van der Waals surface area (Å²) in [7, 11) is -3.36. The molecular weight excluding hydrogens is 342 g/mol. The van der Waals surface area contributed by atoms with Gasteiger partial charge in [-0.2, -0.15) is 0 Å². The van der Waals surface area contributed by atoms with Crippen molar-refractivity contribution in [2.24, 2.45) is 0 Å². The Morgan fingerprint density at radius 1 is 1.48 bits per heavy atom. The summed E-state index contributed by atoms with van der Waals surface area (Å²) in [4.78, 5) is 28.5. The zero-order chi connectivity index (χ0) is 16.4. The molecule has 1 fully saturated rings. The summed E-state index contributed by atoms with van der Waals surface area (Å²) in [6.07, 6.45) is 3.69. The van der Waals surface area contributed by atoms with Gasteiger partial charge < -0.3 is 9.67 Å². The molecule has 10 heteroatoms. The Labute approximate surface area is 135 Å². The minimum Gasteiger partial charge on any atom is -0.477 e. The second kappa shape index (κ2) is 4.71. The topological polar surface area (TPSA) is 110 Å². The first-order valence-corrected chi connectivity index (χ1v) is 9.42. The minimum absolute atomic E-state index is 0.0302. The van der Waals surface area contributed by atoms with Crippen LogP contribution in [0.25, 0.3) is 6.08 Å². The number of carboxylic acid groups (broad SMARTS) is 1. The Balaban J connectivity index is 1.66. The van der Waals surface area contributed by atoms with Crippen LogP contribution in [0.15, 0.2) is 28.0 Å². The van der Waals surface area contributed by atoms with E-state index in [1.54, 1.807) is 10.8 Å². The highest BCUT2D eigenvalue weighted by Crippen LogP contribution is 2.45. The van der Waals surface area contributed by atoms with E-state index in [-0.39, 0.29) is 27.9 Å². The molecule has 4 heterocycles. The van der Waals surface area contributed by atoms with E-state index in [2.05, 4.69) is 4.98 Å². The van der Waals surface area contributed by atoms with Crippen molar-refractivity contribution in [3.05, 3.63) is 28.6 Å². The van der Waals surface area contributed by atoms with Crippen LogP contribution in [0.2, 0.25) is 0 Å². The van der Waals surface area contributed by atoms with Gasteiger partial charge in [-0.1, -0.05) is 0 Å². The third-order valence-electron chi connectivity index (χ3n) is 3.91. The lowest BCUT2D eigenvalue weighted by molar-refractivity contribution is -0.141. The molecule has 120 valence electrons. The Morgan fingerprint density at radius 2 is 2.26 bits per heavy atom. The Bertz CT molecular complexity index is 912. The van der Waals surface area contributed by atoms with E-state index in [1.165, 1.54) is 28.1 Å². The lowest BCUT2D eigenvalue weighted by atomic mass is 10.0. The van der Waals surface area contributed by atoms with Crippen molar-refractivity contribution in [1.29, 1.82) is 0 Å². The number of rotatable bonds is 2. The maximum absolute atomic E-state index is 12.1. The Morgan fingerprint density at radius 3 is 2.96 bits per heavy atom. The van der Waals surface area contributed by atoms with Crippen LogP contribution in [0, 0.1) is 0 Å². The molecule has 1 atom stereocenters. The zero-order valence-corrected chi connectivity index (χ0v) is 13.3. The number of aryl methyl sites for hydroxylation is 1. The molecule has 0 unspecified atom stereocenters. The van der Waals surface area contributed by atoms with E-state index in [9.17, 15) is 18.0 Å². The summed E-state index contributed by atoms with van der Waals surface area (Å²) in [6, 6.07) is 0. The van der Waals surface area contributed by atoms with Crippen molar-refractivity contribution >= 4 is 39.6 Å². The van der Waals surface area contributed by atoms with Crippen LogP contribution < -0.4 is 0 Å². The van der Waals surface area contributed by atoms with Gasteiger partial charge in [0.2, 0.25) is 15.0 Å². The lowest BCUT2D eigenvalue weighted by Crippen LogP contribution is -2.51. The van der Waals surface area contributed by atoms with Crippen molar-refractivity contribution < 1.29 is 23.1 Å². The summed E-state index contributed by atoms with van der Waals surface area (Å²) in [6.45, 7) is 0.577. The number of carboxylic acids is 1. The second-order valence-electron chi connectivity index (χ2n) is 5.39. The van der Waals surface area contributed by atoms with Gasteiger partial charge in [-0.05, 0) is 12.5 Å². The van der Waals surface area contributed by atoms with Crippen LogP contribution in [0.5, 0.6) is 0 Å². The van der Waals surface area contributed by atoms with Crippen LogP contribution in [-0.4, -0.2) is 51.0 Å². The highest BCUT2D eigenvalue weighted by molar-refractivity contribution is 8.03. The molecule has 0 aliphatic carbocycles. The van der Waals surface area contributed by atoms with Crippen LogP contribution in [-0.2, 0) is 26.0 Å². The van der Waals surface area contributed by atoms with Crippen LogP contribution in [0.4, 0.5) is 0 Å². The van der Waals surface area contributed by atoms with Crippen molar-refractivity contribution in [2.75, 3.05) is 5.75 Å². The molecule has 23 heavy (non-hydrogen) atoms. The number of β-lactam (4-membered cyclic amide) rings is 1. The van der Waals surface area contributed by atoms with Gasteiger partial charge in [0.25, 0.3) is 5.91 Å². The molecule has 1 N–H and O–H groups in total. The Kier molecular flexibility index (Phi) is 2.97. The van der Waals surface area contributed by atoms with Gasteiger partial charge in [-0.15, -0.1) is 11.8 Å². The summed E-state index contributed by atoms with van der Waals surface area (Å²) in [5.74, 6) is -1.45. The monoisotopic (exact) mass is 353 g/mol. The molecule has 8 nitrogen and oxygen atoms in total. The number of sulfone groups is 1. The molecule has 0 aromatic carbocycles. The minimum atomic E-state index is -3.36. The van der Waals surface area contributed by atoms with E-state index in [0.29, 0.717) is 24.2 Å². The van der Waals surface area contributed by atoms with Crippen LogP contribution in [0.3, 0.4) is 0 Å². The number of hydrogen-bond acceptors (Lipinski definition) is 6. The third kappa shape index (κ3) is 2.05. The first-order valence-electron chi connectivity index (χ1n) is 6.82. The molecule has 0 bridgehead atoms. The van der Waals surface area contributed by atoms with Crippen molar-refractivity contribution in [3.63, 3.8) is 0 Å². The van der Waals surface area contributed by atoms with E-state index in [4.69, 9.17) is 5.11 Å². The smallest absolute Gasteiger partial charge is 0.353 e. The van der Waals surface area contributed by atoms with E-state index < -0.39 is 15.8 Å².